The zero-order valence-electron chi connectivity index (χ0n) is 14.8. The fourth-order valence-electron chi connectivity index (χ4n) is 2.94. The van der Waals surface area contributed by atoms with E-state index in [1.807, 2.05) is 0 Å². The molecule has 1 amide bonds. The van der Waals surface area contributed by atoms with E-state index in [0.717, 1.165) is 17.2 Å². The highest BCUT2D eigenvalue weighted by atomic mass is 19.4. The van der Waals surface area contributed by atoms with Gasteiger partial charge in [-0.25, -0.2) is 14.6 Å². The molecule has 9 nitrogen and oxygen atoms in total. The number of hydrogen-bond donors (Lipinski definition) is 1. The van der Waals surface area contributed by atoms with Gasteiger partial charge in [-0.1, -0.05) is 0 Å². The Morgan fingerprint density at radius 3 is 2.93 bits per heavy atom. The van der Waals surface area contributed by atoms with Crippen LogP contribution in [0.2, 0.25) is 0 Å². The van der Waals surface area contributed by atoms with Crippen LogP contribution < -0.4 is 10.5 Å². The van der Waals surface area contributed by atoms with Crippen molar-refractivity contribution in [2.75, 3.05) is 6.61 Å². The molecule has 0 bridgehead atoms. The predicted octanol–water partition coefficient (Wildman–Crippen LogP) is 1.95. The lowest BCUT2D eigenvalue weighted by atomic mass is 10.1. The Labute approximate surface area is 161 Å². The minimum absolute atomic E-state index is 0.0213. The van der Waals surface area contributed by atoms with Crippen LogP contribution in [-0.4, -0.2) is 49.2 Å². The molecule has 1 aliphatic heterocycles. The monoisotopic (exact) mass is 405 g/mol. The summed E-state index contributed by atoms with van der Waals surface area (Å²) >= 11 is 0. The number of carbonyl (C=O) groups is 1. The van der Waals surface area contributed by atoms with Gasteiger partial charge in [0.1, 0.15) is 36.7 Å². The summed E-state index contributed by atoms with van der Waals surface area (Å²) in [6, 6.07) is 4.99. The van der Waals surface area contributed by atoms with Crippen LogP contribution in [0.1, 0.15) is 0 Å². The number of amides is 1. The van der Waals surface area contributed by atoms with Crippen LogP contribution in [0.3, 0.4) is 0 Å². The average Bonchev–Trinajstić information content (AvgIpc) is 3.22. The number of alkyl halides is 3. The standard InChI is InChI=1S/C17H14F3N7O2/c18-17(19,20)8-27-16(23-9-24-27)12-7-26-3-4-29-13-5-10(22-6-14(21)28)1-2-11(13)15(26)25-12/h1-2,5-7,9H,3-4,8H2,(H2,21,28). The first-order chi connectivity index (χ1) is 13.8. The molecule has 0 aliphatic carbocycles. The molecule has 0 saturated heterocycles. The number of nitrogens with two attached hydrogens (primary N) is 1. The highest BCUT2D eigenvalue weighted by Crippen LogP contribution is 2.36. The molecule has 0 spiro atoms. The topological polar surface area (TPSA) is 113 Å². The SMILES string of the molecule is NC(=O)C=Nc1ccc2c(c1)OCCn1cc(-c3ncnn3CC(F)(F)F)nc1-2. The second-order valence-electron chi connectivity index (χ2n) is 6.19. The number of aromatic nitrogens is 5. The Kier molecular flexibility index (Phi) is 4.53. The van der Waals surface area contributed by atoms with E-state index in [-0.39, 0.29) is 11.5 Å². The number of fused-ring (bicyclic) bond motifs is 3. The van der Waals surface area contributed by atoms with Crippen LogP contribution in [0.25, 0.3) is 22.9 Å². The third-order valence-electron chi connectivity index (χ3n) is 4.09. The summed E-state index contributed by atoms with van der Waals surface area (Å²) in [7, 11) is 0. The summed E-state index contributed by atoms with van der Waals surface area (Å²) in [5, 5.41) is 3.65. The predicted molar refractivity (Wildman–Crippen MR) is 95.6 cm³/mol. The minimum Gasteiger partial charge on any atom is -0.491 e. The number of aliphatic imine (C=N–C) groups is 1. The van der Waals surface area contributed by atoms with Crippen LogP contribution in [0, 0.1) is 0 Å². The van der Waals surface area contributed by atoms with Crippen LogP contribution in [0.4, 0.5) is 18.9 Å². The Morgan fingerprint density at radius 1 is 1.34 bits per heavy atom. The number of nitrogens with zero attached hydrogens (tertiary/aromatic N) is 6. The van der Waals surface area contributed by atoms with E-state index in [2.05, 4.69) is 20.1 Å². The molecule has 3 aromatic rings. The number of hydrogen-bond acceptors (Lipinski definition) is 6. The Bertz CT molecular complexity index is 1100. The van der Waals surface area contributed by atoms with E-state index in [1.165, 1.54) is 0 Å². The maximum Gasteiger partial charge on any atom is 0.408 e. The smallest absolute Gasteiger partial charge is 0.408 e. The van der Waals surface area contributed by atoms with Gasteiger partial charge in [-0.2, -0.15) is 18.3 Å². The number of rotatable bonds is 4. The third kappa shape index (κ3) is 3.95. The molecule has 1 aromatic carbocycles. The van der Waals surface area contributed by atoms with Crippen molar-refractivity contribution in [2.45, 2.75) is 19.3 Å². The van der Waals surface area contributed by atoms with Gasteiger partial charge in [-0.3, -0.25) is 9.79 Å². The Balaban J connectivity index is 1.72. The molecule has 3 heterocycles. The number of primary amides is 1. The van der Waals surface area contributed by atoms with E-state index in [4.69, 9.17) is 10.5 Å². The lowest BCUT2D eigenvalue weighted by molar-refractivity contribution is -0.142. The molecule has 0 fully saturated rings. The van der Waals surface area contributed by atoms with E-state index in [0.29, 0.717) is 36.0 Å². The lowest BCUT2D eigenvalue weighted by Gasteiger charge is -2.08. The number of imidazole rings is 1. The molecule has 150 valence electrons. The van der Waals surface area contributed by atoms with Gasteiger partial charge in [0.2, 0.25) is 0 Å². The van der Waals surface area contributed by atoms with Crippen molar-refractivity contribution in [2.24, 2.45) is 10.7 Å². The molecule has 0 radical (unpaired) electrons. The summed E-state index contributed by atoms with van der Waals surface area (Å²) in [6.45, 7) is -0.510. The lowest BCUT2D eigenvalue weighted by Crippen LogP contribution is -2.19. The van der Waals surface area contributed by atoms with Crippen LogP contribution in [0.15, 0.2) is 35.7 Å². The summed E-state index contributed by atoms with van der Waals surface area (Å²) < 4.78 is 46.6. The number of benzene rings is 1. The molecule has 1 aliphatic rings. The summed E-state index contributed by atoms with van der Waals surface area (Å²) in [5.41, 5.74) is 6.42. The maximum absolute atomic E-state index is 12.8. The second kappa shape index (κ2) is 7.04. The molecule has 2 N–H and O–H groups in total. The van der Waals surface area contributed by atoms with Gasteiger partial charge in [0, 0.05) is 12.3 Å². The van der Waals surface area contributed by atoms with Crippen molar-refractivity contribution in [1.29, 1.82) is 0 Å². The van der Waals surface area contributed by atoms with Crippen LogP contribution in [-0.2, 0) is 17.9 Å². The quantitative estimate of drug-likeness (QED) is 0.667. The van der Waals surface area contributed by atoms with Crippen LogP contribution >= 0.6 is 0 Å². The van der Waals surface area contributed by atoms with E-state index in [9.17, 15) is 18.0 Å². The van der Waals surface area contributed by atoms with Crippen molar-refractivity contribution in [1.82, 2.24) is 24.3 Å². The molecule has 4 rings (SSSR count). The summed E-state index contributed by atoms with van der Waals surface area (Å²) in [6.07, 6.45) is -0.762. The van der Waals surface area contributed by atoms with Crippen molar-refractivity contribution in [3.8, 4) is 28.7 Å². The van der Waals surface area contributed by atoms with Crippen molar-refractivity contribution < 1.29 is 22.7 Å². The molecule has 0 saturated carbocycles. The van der Waals surface area contributed by atoms with E-state index >= 15 is 0 Å². The third-order valence-corrected chi connectivity index (χ3v) is 4.09. The first-order valence-electron chi connectivity index (χ1n) is 8.43. The fourth-order valence-corrected chi connectivity index (χ4v) is 2.94. The van der Waals surface area contributed by atoms with Gasteiger partial charge in [0.05, 0.1) is 24.0 Å². The average molecular weight is 405 g/mol. The second-order valence-corrected chi connectivity index (χ2v) is 6.19. The van der Waals surface area contributed by atoms with Gasteiger partial charge in [0.15, 0.2) is 5.82 Å². The zero-order chi connectivity index (χ0) is 20.6. The fraction of sp³-hybridized carbons (Fsp3) is 0.235. The zero-order valence-corrected chi connectivity index (χ0v) is 14.8. The normalized spacial score (nSPS) is 13.6. The molecule has 0 unspecified atom stereocenters. The first-order valence-corrected chi connectivity index (χ1v) is 8.43. The summed E-state index contributed by atoms with van der Waals surface area (Å²) in [4.78, 5) is 23.2. The molecular weight excluding hydrogens is 391 g/mol. The van der Waals surface area contributed by atoms with Gasteiger partial charge in [-0.05, 0) is 12.1 Å². The number of ether oxygens (including phenoxy) is 1. The highest BCUT2D eigenvalue weighted by Gasteiger charge is 2.31. The molecule has 2 aromatic heterocycles. The molecule has 29 heavy (non-hydrogen) atoms. The summed E-state index contributed by atoms with van der Waals surface area (Å²) in [5.74, 6) is 0.341. The van der Waals surface area contributed by atoms with Gasteiger partial charge >= 0.3 is 6.18 Å². The van der Waals surface area contributed by atoms with Crippen LogP contribution in [0.5, 0.6) is 5.75 Å². The highest BCUT2D eigenvalue weighted by molar-refractivity contribution is 6.26. The largest absolute Gasteiger partial charge is 0.491 e. The molecule has 12 heteroatoms. The van der Waals surface area contributed by atoms with Gasteiger partial charge in [0.25, 0.3) is 5.91 Å². The number of halogens is 3. The van der Waals surface area contributed by atoms with Crippen molar-refractivity contribution in [3.63, 3.8) is 0 Å². The van der Waals surface area contributed by atoms with Crippen molar-refractivity contribution >= 4 is 17.8 Å². The minimum atomic E-state index is -4.43. The molecule has 0 atom stereocenters. The molecular formula is C17H14F3N7O2. The Hall–Kier alpha value is -3.70. The van der Waals surface area contributed by atoms with E-state index in [1.54, 1.807) is 29.0 Å². The van der Waals surface area contributed by atoms with Gasteiger partial charge < -0.3 is 15.0 Å². The maximum atomic E-state index is 12.8. The Morgan fingerprint density at radius 2 is 2.17 bits per heavy atom. The van der Waals surface area contributed by atoms with Gasteiger partial charge in [-0.15, -0.1) is 0 Å². The van der Waals surface area contributed by atoms with Crippen molar-refractivity contribution in [3.05, 3.63) is 30.7 Å². The number of carbonyl (C=O) groups excluding carboxylic acids is 1. The first kappa shape index (κ1) is 18.7. The van der Waals surface area contributed by atoms with E-state index < -0.39 is 18.6 Å².